The van der Waals surface area contributed by atoms with Gasteiger partial charge in [-0.2, -0.15) is 5.10 Å². The highest BCUT2D eigenvalue weighted by atomic mass is 19.1. The van der Waals surface area contributed by atoms with E-state index in [-0.39, 0.29) is 11.7 Å². The quantitative estimate of drug-likeness (QED) is 0.860. The topological polar surface area (TPSA) is 41.4 Å². The summed E-state index contributed by atoms with van der Waals surface area (Å²) in [6.45, 7) is 5.02. The summed E-state index contributed by atoms with van der Waals surface area (Å²) in [5, 5.41) is 4.34. The van der Waals surface area contributed by atoms with Gasteiger partial charge < -0.3 is 4.90 Å². The molecule has 2 aromatic rings. The predicted molar refractivity (Wildman–Crippen MR) is 92.7 cm³/mol. The SMILES string of the molecule is O=C(c1cnn2c1CCC2)N1CCCN(Cc2ccc(F)cc2)CC1. The van der Waals surface area contributed by atoms with Crippen molar-refractivity contribution in [2.24, 2.45) is 0 Å². The molecule has 0 bridgehead atoms. The van der Waals surface area contributed by atoms with Crippen molar-refractivity contribution in [2.45, 2.75) is 32.4 Å². The van der Waals surface area contributed by atoms with Gasteiger partial charge in [0.05, 0.1) is 17.5 Å². The first-order valence-electron chi connectivity index (χ1n) is 9.01. The Kier molecular flexibility index (Phi) is 4.53. The van der Waals surface area contributed by atoms with Gasteiger partial charge in [0.2, 0.25) is 0 Å². The van der Waals surface area contributed by atoms with Crippen LogP contribution in [0.4, 0.5) is 4.39 Å². The van der Waals surface area contributed by atoms with Gasteiger partial charge in [0.1, 0.15) is 5.82 Å². The molecule has 1 fully saturated rings. The Balaban J connectivity index is 1.39. The molecule has 1 aromatic carbocycles. The minimum Gasteiger partial charge on any atom is -0.337 e. The molecule has 1 saturated heterocycles. The molecule has 3 heterocycles. The van der Waals surface area contributed by atoms with E-state index in [2.05, 4.69) is 10.00 Å². The molecule has 2 aliphatic rings. The molecule has 6 heteroatoms. The number of carbonyl (C=O) groups excluding carboxylic acids is 1. The molecule has 2 aliphatic heterocycles. The number of hydrogen-bond acceptors (Lipinski definition) is 3. The minimum absolute atomic E-state index is 0.117. The lowest BCUT2D eigenvalue weighted by Gasteiger charge is -2.22. The highest BCUT2D eigenvalue weighted by molar-refractivity contribution is 5.95. The molecule has 132 valence electrons. The van der Waals surface area contributed by atoms with Crippen molar-refractivity contribution >= 4 is 5.91 Å². The first-order valence-corrected chi connectivity index (χ1v) is 9.01. The van der Waals surface area contributed by atoms with Crippen molar-refractivity contribution in [1.82, 2.24) is 19.6 Å². The van der Waals surface area contributed by atoms with Crippen molar-refractivity contribution in [3.63, 3.8) is 0 Å². The lowest BCUT2D eigenvalue weighted by molar-refractivity contribution is 0.0760. The minimum atomic E-state index is -0.204. The van der Waals surface area contributed by atoms with Gasteiger partial charge in [-0.3, -0.25) is 14.4 Å². The molecule has 0 saturated carbocycles. The van der Waals surface area contributed by atoms with Gasteiger partial charge in [0.25, 0.3) is 5.91 Å². The van der Waals surface area contributed by atoms with E-state index in [1.165, 1.54) is 12.1 Å². The Morgan fingerprint density at radius 1 is 1.04 bits per heavy atom. The lowest BCUT2D eigenvalue weighted by atomic mass is 10.1. The van der Waals surface area contributed by atoms with Gasteiger partial charge in [-0.25, -0.2) is 4.39 Å². The third kappa shape index (κ3) is 3.44. The van der Waals surface area contributed by atoms with E-state index in [4.69, 9.17) is 0 Å². The van der Waals surface area contributed by atoms with Crippen molar-refractivity contribution in [1.29, 1.82) is 0 Å². The summed E-state index contributed by atoms with van der Waals surface area (Å²) in [5.41, 5.74) is 2.98. The van der Waals surface area contributed by atoms with Crippen LogP contribution >= 0.6 is 0 Å². The fourth-order valence-corrected chi connectivity index (χ4v) is 3.79. The standard InChI is InChI=1S/C19H23FN4O/c20-16-6-4-15(5-7-16)14-22-8-2-9-23(12-11-22)19(25)17-13-21-24-10-1-3-18(17)24/h4-7,13H,1-3,8-12,14H2. The fraction of sp³-hybridized carbons (Fsp3) is 0.474. The largest absolute Gasteiger partial charge is 0.337 e. The fourth-order valence-electron chi connectivity index (χ4n) is 3.79. The van der Waals surface area contributed by atoms with Crippen LogP contribution in [0.25, 0.3) is 0 Å². The van der Waals surface area contributed by atoms with Gasteiger partial charge in [0, 0.05) is 39.3 Å². The summed E-state index contributed by atoms with van der Waals surface area (Å²) in [5.74, 6) is -0.0862. The zero-order chi connectivity index (χ0) is 17.2. The second-order valence-electron chi connectivity index (χ2n) is 6.88. The Bertz CT molecular complexity index is 755. The van der Waals surface area contributed by atoms with Crippen LogP contribution in [-0.2, 0) is 19.5 Å². The number of halogens is 1. The second-order valence-corrected chi connectivity index (χ2v) is 6.88. The van der Waals surface area contributed by atoms with E-state index in [1.54, 1.807) is 6.20 Å². The van der Waals surface area contributed by atoms with Crippen LogP contribution in [0.5, 0.6) is 0 Å². The number of fused-ring (bicyclic) bond motifs is 1. The van der Waals surface area contributed by atoms with Gasteiger partial charge >= 0.3 is 0 Å². The second kappa shape index (κ2) is 6.96. The number of aromatic nitrogens is 2. The van der Waals surface area contributed by atoms with Gasteiger partial charge in [-0.05, 0) is 37.0 Å². The molecule has 1 aromatic heterocycles. The molecule has 0 N–H and O–H groups in total. The molecule has 5 nitrogen and oxygen atoms in total. The predicted octanol–water partition coefficient (Wildman–Crippen LogP) is 2.32. The zero-order valence-electron chi connectivity index (χ0n) is 14.3. The van der Waals surface area contributed by atoms with Crippen molar-refractivity contribution < 1.29 is 9.18 Å². The van der Waals surface area contributed by atoms with Crippen LogP contribution in [0.3, 0.4) is 0 Å². The van der Waals surface area contributed by atoms with Crippen LogP contribution in [0.15, 0.2) is 30.5 Å². The number of rotatable bonds is 3. The monoisotopic (exact) mass is 342 g/mol. The molecular weight excluding hydrogens is 319 g/mol. The number of amides is 1. The number of aryl methyl sites for hydroxylation is 1. The molecule has 1 amide bonds. The Labute approximate surface area is 147 Å². The molecule has 25 heavy (non-hydrogen) atoms. The molecule has 0 radical (unpaired) electrons. The van der Waals surface area contributed by atoms with Crippen LogP contribution < -0.4 is 0 Å². The normalized spacial score (nSPS) is 18.2. The Morgan fingerprint density at radius 3 is 2.72 bits per heavy atom. The van der Waals surface area contributed by atoms with E-state index < -0.39 is 0 Å². The Hall–Kier alpha value is -2.21. The highest BCUT2D eigenvalue weighted by Crippen LogP contribution is 2.20. The van der Waals surface area contributed by atoms with E-state index in [0.717, 1.165) is 75.4 Å². The first-order chi connectivity index (χ1) is 12.2. The Morgan fingerprint density at radius 2 is 1.88 bits per heavy atom. The number of hydrogen-bond donors (Lipinski definition) is 0. The van der Waals surface area contributed by atoms with E-state index >= 15 is 0 Å². The van der Waals surface area contributed by atoms with E-state index in [0.29, 0.717) is 0 Å². The average molecular weight is 342 g/mol. The summed E-state index contributed by atoms with van der Waals surface area (Å²) in [4.78, 5) is 17.2. The smallest absolute Gasteiger partial charge is 0.257 e. The number of carbonyl (C=O) groups is 1. The summed E-state index contributed by atoms with van der Waals surface area (Å²) in [6, 6.07) is 6.67. The highest BCUT2D eigenvalue weighted by Gasteiger charge is 2.26. The van der Waals surface area contributed by atoms with Crippen molar-refractivity contribution in [3.8, 4) is 0 Å². The maximum Gasteiger partial charge on any atom is 0.257 e. The molecule has 0 atom stereocenters. The molecule has 0 unspecified atom stereocenters. The lowest BCUT2D eigenvalue weighted by Crippen LogP contribution is -2.35. The maximum absolute atomic E-state index is 13.0. The first kappa shape index (κ1) is 16.3. The van der Waals surface area contributed by atoms with Crippen LogP contribution in [-0.4, -0.2) is 51.7 Å². The third-order valence-electron chi connectivity index (χ3n) is 5.16. The zero-order valence-corrected chi connectivity index (χ0v) is 14.3. The van der Waals surface area contributed by atoms with Crippen molar-refractivity contribution in [3.05, 3.63) is 53.1 Å². The van der Waals surface area contributed by atoms with E-state index in [9.17, 15) is 9.18 Å². The summed E-state index contributed by atoms with van der Waals surface area (Å²) < 4.78 is 15.0. The summed E-state index contributed by atoms with van der Waals surface area (Å²) in [6.07, 6.45) is 4.72. The van der Waals surface area contributed by atoms with Crippen LogP contribution in [0.2, 0.25) is 0 Å². The maximum atomic E-state index is 13.0. The molecule has 0 aliphatic carbocycles. The van der Waals surface area contributed by atoms with Gasteiger partial charge in [0.15, 0.2) is 0 Å². The van der Waals surface area contributed by atoms with Gasteiger partial charge in [-0.15, -0.1) is 0 Å². The molecule has 0 spiro atoms. The average Bonchev–Trinajstić information content (AvgIpc) is 3.15. The summed E-state index contributed by atoms with van der Waals surface area (Å²) >= 11 is 0. The molecular formula is C19H23FN4O. The van der Waals surface area contributed by atoms with Crippen molar-refractivity contribution in [2.75, 3.05) is 26.2 Å². The van der Waals surface area contributed by atoms with E-state index in [1.807, 2.05) is 21.7 Å². The van der Waals surface area contributed by atoms with Crippen LogP contribution in [0, 0.1) is 5.82 Å². The molecule has 4 rings (SSSR count). The summed E-state index contributed by atoms with van der Waals surface area (Å²) in [7, 11) is 0. The number of benzene rings is 1. The van der Waals surface area contributed by atoms with Gasteiger partial charge in [-0.1, -0.05) is 12.1 Å². The van der Waals surface area contributed by atoms with Crippen LogP contribution in [0.1, 0.15) is 34.5 Å². The third-order valence-corrected chi connectivity index (χ3v) is 5.16. The number of nitrogens with zero attached hydrogens (tertiary/aromatic N) is 4.